The van der Waals surface area contributed by atoms with Crippen LogP contribution in [-0.4, -0.2) is 29.6 Å². The number of amides is 1. The Morgan fingerprint density at radius 1 is 1.30 bits per heavy atom. The van der Waals surface area contributed by atoms with E-state index >= 15 is 0 Å². The molecular weight excluding hydrogens is 294 g/mol. The number of nitrogens with one attached hydrogen (secondary N) is 1. The van der Waals surface area contributed by atoms with Gasteiger partial charge in [-0.2, -0.15) is 0 Å². The van der Waals surface area contributed by atoms with Crippen LogP contribution >= 0.6 is 0 Å². The molecule has 2 rings (SSSR count). The molecule has 0 spiro atoms. The van der Waals surface area contributed by atoms with E-state index in [2.05, 4.69) is 19.2 Å². The molecular formula is C18H25NO4. The highest BCUT2D eigenvalue weighted by Gasteiger charge is 2.28. The Labute approximate surface area is 137 Å². The number of phenolic OH excluding ortho intramolecular Hbond substituents is 1. The van der Waals surface area contributed by atoms with Crippen LogP contribution in [-0.2, 0) is 9.53 Å². The highest BCUT2D eigenvalue weighted by molar-refractivity contribution is 5.94. The minimum Gasteiger partial charge on any atom is -0.507 e. The van der Waals surface area contributed by atoms with E-state index < -0.39 is 5.97 Å². The van der Waals surface area contributed by atoms with Crippen LogP contribution in [0.2, 0.25) is 0 Å². The van der Waals surface area contributed by atoms with Gasteiger partial charge in [0.15, 0.2) is 6.61 Å². The Bertz CT molecular complexity index is 584. The zero-order valence-corrected chi connectivity index (χ0v) is 14.0. The lowest BCUT2D eigenvalue weighted by Crippen LogP contribution is -2.45. The molecule has 0 heterocycles. The molecule has 5 nitrogen and oxygen atoms in total. The summed E-state index contributed by atoms with van der Waals surface area (Å²) >= 11 is 0. The summed E-state index contributed by atoms with van der Waals surface area (Å²) in [6, 6.07) is 4.98. The number of hydrogen-bond donors (Lipinski definition) is 2. The number of carbonyl (C=O) groups excluding carboxylic acids is 2. The third kappa shape index (κ3) is 4.24. The molecule has 23 heavy (non-hydrogen) atoms. The van der Waals surface area contributed by atoms with E-state index in [1.807, 2.05) is 0 Å². The smallest absolute Gasteiger partial charge is 0.342 e. The molecule has 1 aliphatic carbocycles. The summed E-state index contributed by atoms with van der Waals surface area (Å²) in [6.07, 6.45) is 3.26. The van der Waals surface area contributed by atoms with E-state index in [1.54, 1.807) is 19.1 Å². The van der Waals surface area contributed by atoms with Crippen molar-refractivity contribution in [3.8, 4) is 5.75 Å². The van der Waals surface area contributed by atoms with Crippen LogP contribution in [0.15, 0.2) is 18.2 Å². The van der Waals surface area contributed by atoms with Gasteiger partial charge in [0.05, 0.1) is 0 Å². The fourth-order valence-corrected chi connectivity index (χ4v) is 3.07. The van der Waals surface area contributed by atoms with Gasteiger partial charge >= 0.3 is 5.97 Å². The van der Waals surface area contributed by atoms with Crippen LogP contribution < -0.4 is 5.32 Å². The van der Waals surface area contributed by atoms with E-state index in [1.165, 1.54) is 12.5 Å². The number of ether oxygens (including phenoxy) is 1. The van der Waals surface area contributed by atoms with Crippen molar-refractivity contribution in [2.45, 2.75) is 46.1 Å². The molecule has 1 aromatic rings. The molecule has 5 heteroatoms. The summed E-state index contributed by atoms with van der Waals surface area (Å²) in [5.74, 6) is -0.0828. The molecule has 0 bridgehead atoms. The maximum Gasteiger partial charge on any atom is 0.342 e. The minimum atomic E-state index is -0.689. The van der Waals surface area contributed by atoms with E-state index in [0.29, 0.717) is 17.4 Å². The molecule has 1 amide bonds. The number of benzene rings is 1. The van der Waals surface area contributed by atoms with Gasteiger partial charge < -0.3 is 15.2 Å². The Morgan fingerprint density at radius 2 is 2.04 bits per heavy atom. The van der Waals surface area contributed by atoms with Gasteiger partial charge in [0.1, 0.15) is 11.3 Å². The van der Waals surface area contributed by atoms with Crippen molar-refractivity contribution in [2.75, 3.05) is 6.61 Å². The van der Waals surface area contributed by atoms with Crippen LogP contribution in [0.1, 0.15) is 49.0 Å². The zero-order chi connectivity index (χ0) is 17.0. The molecule has 1 aromatic carbocycles. The third-order valence-corrected chi connectivity index (χ3v) is 4.85. The van der Waals surface area contributed by atoms with Crippen LogP contribution in [0.5, 0.6) is 5.75 Å². The molecule has 0 aromatic heterocycles. The van der Waals surface area contributed by atoms with Gasteiger partial charge in [0, 0.05) is 6.04 Å². The molecule has 3 atom stereocenters. The average Bonchev–Trinajstić information content (AvgIpc) is 2.52. The lowest BCUT2D eigenvalue weighted by molar-refractivity contribution is -0.125. The molecule has 1 aliphatic rings. The number of aryl methyl sites for hydroxylation is 1. The Morgan fingerprint density at radius 3 is 2.78 bits per heavy atom. The minimum absolute atomic E-state index is 0.0810. The summed E-state index contributed by atoms with van der Waals surface area (Å²) in [5, 5.41) is 12.8. The zero-order valence-electron chi connectivity index (χ0n) is 14.0. The predicted octanol–water partition coefficient (Wildman–Crippen LogP) is 2.80. The van der Waals surface area contributed by atoms with Gasteiger partial charge in [-0.3, -0.25) is 4.79 Å². The van der Waals surface area contributed by atoms with Crippen LogP contribution in [0, 0.1) is 18.8 Å². The lowest BCUT2D eigenvalue weighted by Gasteiger charge is -2.34. The Kier molecular flexibility index (Phi) is 5.64. The summed E-state index contributed by atoms with van der Waals surface area (Å²) in [7, 11) is 0. The number of hydrogen-bond acceptors (Lipinski definition) is 4. The van der Waals surface area contributed by atoms with Gasteiger partial charge in [0.2, 0.25) is 0 Å². The molecule has 1 saturated carbocycles. The van der Waals surface area contributed by atoms with Crippen LogP contribution in [0.4, 0.5) is 0 Å². The number of carbonyl (C=O) groups is 2. The fraction of sp³-hybridized carbons (Fsp3) is 0.556. The standard InChI is InChI=1S/C18H25NO4/c1-11-6-5-9-15(13(11)3)19-16(20)10-23-18(22)14-8-4-7-12(2)17(14)21/h4,7-8,11,13,15,21H,5-6,9-10H2,1-3H3,(H,19,20)/t11-,13+,15-/m0/s1. The Balaban J connectivity index is 1.86. The van der Waals surface area contributed by atoms with Crippen molar-refractivity contribution in [1.29, 1.82) is 0 Å². The number of para-hydroxylation sites is 1. The fourth-order valence-electron chi connectivity index (χ4n) is 3.07. The van der Waals surface area contributed by atoms with Crippen molar-refractivity contribution in [3.63, 3.8) is 0 Å². The molecule has 0 radical (unpaired) electrons. The highest BCUT2D eigenvalue weighted by Crippen LogP contribution is 2.29. The summed E-state index contributed by atoms with van der Waals surface area (Å²) in [4.78, 5) is 24.0. The average molecular weight is 319 g/mol. The third-order valence-electron chi connectivity index (χ3n) is 4.85. The van der Waals surface area contributed by atoms with Crippen molar-refractivity contribution in [1.82, 2.24) is 5.32 Å². The molecule has 126 valence electrons. The van der Waals surface area contributed by atoms with Crippen molar-refractivity contribution < 1.29 is 19.4 Å². The SMILES string of the molecule is Cc1cccc(C(=O)OCC(=O)N[C@H]2CCC[C@H](C)[C@H]2C)c1O. The summed E-state index contributed by atoms with van der Waals surface area (Å²) in [5.41, 5.74) is 0.673. The topological polar surface area (TPSA) is 75.6 Å². The van der Waals surface area contributed by atoms with E-state index in [9.17, 15) is 14.7 Å². The predicted molar refractivity (Wildman–Crippen MR) is 87.2 cm³/mol. The largest absolute Gasteiger partial charge is 0.507 e. The Hall–Kier alpha value is -2.04. The first-order valence-electron chi connectivity index (χ1n) is 8.15. The second-order valence-corrected chi connectivity index (χ2v) is 6.49. The number of rotatable bonds is 4. The molecule has 0 aliphatic heterocycles. The summed E-state index contributed by atoms with van der Waals surface area (Å²) < 4.78 is 5.02. The van der Waals surface area contributed by atoms with Gasteiger partial charge in [-0.25, -0.2) is 4.79 Å². The number of phenols is 1. The second kappa shape index (κ2) is 7.49. The van der Waals surface area contributed by atoms with Gasteiger partial charge in [-0.1, -0.05) is 38.8 Å². The quantitative estimate of drug-likeness (QED) is 0.837. The maximum absolute atomic E-state index is 12.0. The van der Waals surface area contributed by atoms with E-state index in [0.717, 1.165) is 12.8 Å². The normalized spacial score (nSPS) is 24.0. The van der Waals surface area contributed by atoms with Gasteiger partial charge in [-0.15, -0.1) is 0 Å². The van der Waals surface area contributed by atoms with Crippen LogP contribution in [0.25, 0.3) is 0 Å². The van der Waals surface area contributed by atoms with Crippen molar-refractivity contribution in [2.24, 2.45) is 11.8 Å². The van der Waals surface area contributed by atoms with Gasteiger partial charge in [-0.05, 0) is 36.8 Å². The van der Waals surface area contributed by atoms with Crippen molar-refractivity contribution in [3.05, 3.63) is 29.3 Å². The molecule has 0 unspecified atom stereocenters. The molecule has 2 N–H and O–H groups in total. The first kappa shape index (κ1) is 17.3. The van der Waals surface area contributed by atoms with Crippen LogP contribution in [0.3, 0.4) is 0 Å². The highest BCUT2D eigenvalue weighted by atomic mass is 16.5. The van der Waals surface area contributed by atoms with Gasteiger partial charge in [0.25, 0.3) is 5.91 Å². The lowest BCUT2D eigenvalue weighted by atomic mass is 9.78. The molecule has 0 saturated heterocycles. The van der Waals surface area contributed by atoms with Crippen molar-refractivity contribution >= 4 is 11.9 Å². The molecule has 1 fully saturated rings. The monoisotopic (exact) mass is 319 g/mol. The van der Waals surface area contributed by atoms with E-state index in [4.69, 9.17) is 4.74 Å². The first-order valence-corrected chi connectivity index (χ1v) is 8.15. The number of aromatic hydroxyl groups is 1. The second-order valence-electron chi connectivity index (χ2n) is 6.49. The maximum atomic E-state index is 12.0. The summed E-state index contributed by atoms with van der Waals surface area (Å²) in [6.45, 7) is 5.71. The number of esters is 1. The van der Waals surface area contributed by atoms with E-state index in [-0.39, 0.29) is 29.9 Å². The first-order chi connectivity index (χ1) is 10.9.